The van der Waals surface area contributed by atoms with E-state index in [1.807, 2.05) is 38.1 Å². The van der Waals surface area contributed by atoms with Crippen LogP contribution in [0.25, 0.3) is 10.9 Å². The summed E-state index contributed by atoms with van der Waals surface area (Å²) in [7, 11) is 0. The van der Waals surface area contributed by atoms with Crippen LogP contribution in [0.15, 0.2) is 30.5 Å². The Balaban J connectivity index is 2.01. The first kappa shape index (κ1) is 12.2. The molecule has 100 valence electrons. The van der Waals surface area contributed by atoms with Gasteiger partial charge in [-0.25, -0.2) is 0 Å². The van der Waals surface area contributed by atoms with Gasteiger partial charge in [0.2, 0.25) is 0 Å². The molecule has 0 bridgehead atoms. The zero-order valence-corrected chi connectivity index (χ0v) is 11.2. The van der Waals surface area contributed by atoms with E-state index in [2.05, 4.69) is 4.98 Å². The molecule has 0 aliphatic carbocycles. The predicted molar refractivity (Wildman–Crippen MR) is 74.0 cm³/mol. The number of para-hydroxylation sites is 1. The van der Waals surface area contributed by atoms with E-state index in [4.69, 9.17) is 0 Å². The highest BCUT2D eigenvalue weighted by Gasteiger charge is 2.41. The van der Waals surface area contributed by atoms with Crippen molar-refractivity contribution >= 4 is 16.8 Å². The van der Waals surface area contributed by atoms with Gasteiger partial charge in [-0.15, -0.1) is 0 Å². The normalized spacial score (nSPS) is 22.1. The Morgan fingerprint density at radius 3 is 2.84 bits per heavy atom. The van der Waals surface area contributed by atoms with Gasteiger partial charge in [0.1, 0.15) is 0 Å². The van der Waals surface area contributed by atoms with Crippen LogP contribution in [0.1, 0.15) is 30.6 Å². The van der Waals surface area contributed by atoms with Gasteiger partial charge < -0.3 is 15.0 Å². The molecule has 1 atom stereocenters. The van der Waals surface area contributed by atoms with Crippen molar-refractivity contribution in [3.8, 4) is 0 Å². The monoisotopic (exact) mass is 258 g/mol. The van der Waals surface area contributed by atoms with Gasteiger partial charge in [0.25, 0.3) is 5.91 Å². The van der Waals surface area contributed by atoms with Crippen LogP contribution < -0.4 is 0 Å². The topological polar surface area (TPSA) is 56.3 Å². The molecule has 4 heteroatoms. The molecule has 2 N–H and O–H groups in total. The highest BCUT2D eigenvalue weighted by atomic mass is 16.3. The average molecular weight is 258 g/mol. The lowest BCUT2D eigenvalue weighted by Gasteiger charge is -2.31. The van der Waals surface area contributed by atoms with Crippen LogP contribution in [0.3, 0.4) is 0 Å². The molecule has 1 aromatic carbocycles. The number of amides is 1. The summed E-state index contributed by atoms with van der Waals surface area (Å²) in [5, 5.41) is 10.7. The van der Waals surface area contributed by atoms with Crippen molar-refractivity contribution in [2.24, 2.45) is 0 Å². The van der Waals surface area contributed by atoms with Crippen LogP contribution >= 0.6 is 0 Å². The number of nitrogens with zero attached hydrogens (tertiary/aromatic N) is 1. The number of aromatic nitrogens is 1. The summed E-state index contributed by atoms with van der Waals surface area (Å²) in [5.74, 6) is -0.0148. The van der Waals surface area contributed by atoms with Gasteiger partial charge in [0, 0.05) is 29.2 Å². The lowest BCUT2D eigenvalue weighted by Crippen LogP contribution is -2.42. The Bertz CT molecular complexity index is 630. The molecular weight excluding hydrogens is 240 g/mol. The molecule has 0 spiro atoms. The van der Waals surface area contributed by atoms with E-state index < -0.39 is 6.10 Å². The van der Waals surface area contributed by atoms with Crippen molar-refractivity contribution in [2.75, 3.05) is 6.54 Å². The van der Waals surface area contributed by atoms with Crippen molar-refractivity contribution in [3.05, 3.63) is 36.0 Å². The van der Waals surface area contributed by atoms with Crippen LogP contribution in [0.5, 0.6) is 0 Å². The van der Waals surface area contributed by atoms with E-state index in [1.54, 1.807) is 11.1 Å². The SMILES string of the molecule is CC1(C)CC(O)CN1C(=O)c1c[nH]c2ccccc12. The summed E-state index contributed by atoms with van der Waals surface area (Å²) in [6.45, 7) is 4.40. The maximum absolute atomic E-state index is 12.7. The van der Waals surface area contributed by atoms with Crippen molar-refractivity contribution in [1.82, 2.24) is 9.88 Å². The molecule has 4 nitrogen and oxygen atoms in total. The van der Waals surface area contributed by atoms with Gasteiger partial charge in [0.15, 0.2) is 0 Å². The Morgan fingerprint density at radius 2 is 2.16 bits per heavy atom. The molecule has 1 fully saturated rings. The number of benzene rings is 1. The number of rotatable bonds is 1. The fourth-order valence-electron chi connectivity index (χ4n) is 2.96. The number of aromatic amines is 1. The predicted octanol–water partition coefficient (Wildman–Crippen LogP) is 2.15. The van der Waals surface area contributed by atoms with Crippen molar-refractivity contribution < 1.29 is 9.90 Å². The minimum atomic E-state index is -0.427. The first-order valence-corrected chi connectivity index (χ1v) is 6.55. The fraction of sp³-hybridized carbons (Fsp3) is 0.400. The van der Waals surface area contributed by atoms with Crippen LogP contribution in [0, 0.1) is 0 Å². The Kier molecular flexibility index (Phi) is 2.64. The Hall–Kier alpha value is -1.81. The molecule has 1 aliphatic heterocycles. The first-order valence-electron chi connectivity index (χ1n) is 6.55. The second kappa shape index (κ2) is 4.10. The molecule has 1 aliphatic rings. The van der Waals surface area contributed by atoms with E-state index in [0.29, 0.717) is 18.5 Å². The zero-order valence-electron chi connectivity index (χ0n) is 11.2. The molecular formula is C15H18N2O2. The van der Waals surface area contributed by atoms with Gasteiger partial charge >= 0.3 is 0 Å². The van der Waals surface area contributed by atoms with E-state index in [0.717, 1.165) is 10.9 Å². The van der Waals surface area contributed by atoms with E-state index in [-0.39, 0.29) is 11.4 Å². The minimum absolute atomic E-state index is 0.0148. The number of carbonyl (C=O) groups is 1. The standard InChI is InChI=1S/C15H18N2O2/c1-15(2)7-10(18)9-17(15)14(19)12-8-16-13-6-4-3-5-11(12)13/h3-6,8,10,16,18H,7,9H2,1-2H3. The van der Waals surface area contributed by atoms with Crippen LogP contribution in [0.2, 0.25) is 0 Å². The average Bonchev–Trinajstić information content (AvgIpc) is 2.89. The van der Waals surface area contributed by atoms with Gasteiger partial charge in [-0.3, -0.25) is 4.79 Å². The Morgan fingerprint density at radius 1 is 1.42 bits per heavy atom. The van der Waals surface area contributed by atoms with Gasteiger partial charge in [-0.1, -0.05) is 18.2 Å². The second-order valence-electron chi connectivity index (χ2n) is 5.83. The second-order valence-corrected chi connectivity index (χ2v) is 5.83. The van der Waals surface area contributed by atoms with Gasteiger partial charge in [0.05, 0.1) is 11.7 Å². The van der Waals surface area contributed by atoms with Gasteiger partial charge in [-0.05, 0) is 26.3 Å². The highest BCUT2D eigenvalue weighted by molar-refractivity contribution is 6.07. The van der Waals surface area contributed by atoms with Crippen molar-refractivity contribution in [2.45, 2.75) is 31.9 Å². The molecule has 1 amide bonds. The third-order valence-corrected chi connectivity index (χ3v) is 3.92. The maximum atomic E-state index is 12.7. The molecule has 2 aromatic rings. The number of hydrogen-bond acceptors (Lipinski definition) is 2. The maximum Gasteiger partial charge on any atom is 0.256 e. The molecule has 1 saturated heterocycles. The minimum Gasteiger partial charge on any atom is -0.391 e. The molecule has 0 radical (unpaired) electrons. The molecule has 1 unspecified atom stereocenters. The number of aliphatic hydroxyl groups excluding tert-OH is 1. The number of fused-ring (bicyclic) bond motifs is 1. The molecule has 3 rings (SSSR count). The van der Waals surface area contributed by atoms with E-state index in [9.17, 15) is 9.90 Å². The zero-order chi connectivity index (χ0) is 13.6. The summed E-state index contributed by atoms with van der Waals surface area (Å²) in [4.78, 5) is 17.6. The summed E-state index contributed by atoms with van der Waals surface area (Å²) in [5.41, 5.74) is 1.34. The molecule has 1 aromatic heterocycles. The van der Waals surface area contributed by atoms with Crippen LogP contribution in [-0.4, -0.2) is 39.1 Å². The van der Waals surface area contributed by atoms with E-state index in [1.165, 1.54) is 0 Å². The van der Waals surface area contributed by atoms with Crippen molar-refractivity contribution in [1.29, 1.82) is 0 Å². The number of β-amino-alcohol motifs (C(OH)–C–C–N with tert-alkyl or cyclic N) is 1. The van der Waals surface area contributed by atoms with Crippen LogP contribution in [0.4, 0.5) is 0 Å². The first-order chi connectivity index (χ1) is 8.99. The van der Waals surface area contributed by atoms with Crippen molar-refractivity contribution in [3.63, 3.8) is 0 Å². The number of aliphatic hydroxyl groups is 1. The summed E-state index contributed by atoms with van der Waals surface area (Å²) in [6.07, 6.45) is 1.96. The quantitative estimate of drug-likeness (QED) is 0.823. The number of carbonyl (C=O) groups excluding carboxylic acids is 1. The molecule has 2 heterocycles. The lowest BCUT2D eigenvalue weighted by molar-refractivity contribution is 0.0643. The molecule has 19 heavy (non-hydrogen) atoms. The number of H-pyrrole nitrogens is 1. The number of nitrogens with one attached hydrogen (secondary N) is 1. The largest absolute Gasteiger partial charge is 0.391 e. The molecule has 0 saturated carbocycles. The van der Waals surface area contributed by atoms with Gasteiger partial charge in [-0.2, -0.15) is 0 Å². The smallest absolute Gasteiger partial charge is 0.256 e. The summed E-state index contributed by atoms with van der Waals surface area (Å²) in [6, 6.07) is 7.77. The van der Waals surface area contributed by atoms with Crippen LogP contribution in [-0.2, 0) is 0 Å². The highest BCUT2D eigenvalue weighted by Crippen LogP contribution is 2.31. The van der Waals surface area contributed by atoms with E-state index >= 15 is 0 Å². The third-order valence-electron chi connectivity index (χ3n) is 3.92. The fourth-order valence-corrected chi connectivity index (χ4v) is 2.96. The summed E-state index contributed by atoms with van der Waals surface area (Å²) >= 11 is 0. The Labute approximate surface area is 112 Å². The number of hydrogen-bond donors (Lipinski definition) is 2. The summed E-state index contributed by atoms with van der Waals surface area (Å²) < 4.78 is 0. The lowest BCUT2D eigenvalue weighted by atomic mass is 10.0. The third kappa shape index (κ3) is 1.92. The number of likely N-dealkylation sites (tertiary alicyclic amines) is 1.